The van der Waals surface area contributed by atoms with Crippen molar-refractivity contribution >= 4 is 39.6 Å². The normalized spacial score (nSPS) is 19.3. The number of alkyl halides is 3. The van der Waals surface area contributed by atoms with E-state index in [0.29, 0.717) is 21.3 Å². The molecule has 4 rings (SSSR count). The first-order valence-electron chi connectivity index (χ1n) is 10.4. The molecule has 1 fully saturated rings. The molecule has 0 spiro atoms. The van der Waals surface area contributed by atoms with Crippen molar-refractivity contribution < 1.29 is 27.9 Å². The van der Waals surface area contributed by atoms with Crippen LogP contribution in [0.5, 0.6) is 0 Å². The van der Waals surface area contributed by atoms with Gasteiger partial charge in [0, 0.05) is 17.8 Å². The third-order valence-corrected chi connectivity index (χ3v) is 7.62. The summed E-state index contributed by atoms with van der Waals surface area (Å²) in [5, 5.41) is 14.8. The van der Waals surface area contributed by atoms with Gasteiger partial charge in [-0.05, 0) is 25.8 Å². The van der Waals surface area contributed by atoms with Gasteiger partial charge in [-0.3, -0.25) is 9.59 Å². The molecule has 1 aliphatic rings. The third-order valence-electron chi connectivity index (χ3n) is 5.52. The number of aromatic nitrogens is 2. The van der Waals surface area contributed by atoms with E-state index in [9.17, 15) is 27.9 Å². The Hall–Kier alpha value is -2.83. The minimum atomic E-state index is -5.08. The van der Waals surface area contributed by atoms with Crippen LogP contribution in [0.4, 0.5) is 18.3 Å². The molecule has 180 valence electrons. The van der Waals surface area contributed by atoms with Gasteiger partial charge in [0.1, 0.15) is 17.2 Å². The fourth-order valence-electron chi connectivity index (χ4n) is 3.90. The average molecular weight is 511 g/mol. The SMILES string of the molecule is Cc1nc(C(C)O)sc1-c1csc(NC(=O)[C@@H]2C[C@@H](c3ccccc3)CN2C(=O)C(F)(F)F)n1. The number of anilines is 1. The van der Waals surface area contributed by atoms with Crippen molar-refractivity contribution in [3.63, 3.8) is 0 Å². The van der Waals surface area contributed by atoms with Crippen molar-refractivity contribution in [1.82, 2.24) is 14.9 Å². The molecule has 3 atom stereocenters. The number of aliphatic hydroxyl groups excluding tert-OH is 1. The first-order valence-corrected chi connectivity index (χ1v) is 12.1. The number of aryl methyl sites for hydroxylation is 1. The van der Waals surface area contributed by atoms with E-state index in [-0.39, 0.29) is 18.1 Å². The second kappa shape index (κ2) is 9.43. The summed E-state index contributed by atoms with van der Waals surface area (Å²) in [5.41, 5.74) is 1.98. The summed E-state index contributed by atoms with van der Waals surface area (Å²) in [6, 6.07) is 7.58. The number of nitrogens with zero attached hydrogens (tertiary/aromatic N) is 3. The van der Waals surface area contributed by atoms with Crippen molar-refractivity contribution in [2.75, 3.05) is 11.9 Å². The van der Waals surface area contributed by atoms with Crippen LogP contribution in [0, 0.1) is 6.92 Å². The fraction of sp³-hybridized carbons (Fsp3) is 0.364. The second-order valence-corrected chi connectivity index (χ2v) is 9.87. The number of amides is 2. The molecule has 1 unspecified atom stereocenters. The molecule has 7 nitrogen and oxygen atoms in total. The highest BCUT2D eigenvalue weighted by molar-refractivity contribution is 7.17. The molecule has 3 aromatic rings. The molecular formula is C22H21F3N4O3S2. The zero-order valence-electron chi connectivity index (χ0n) is 18.2. The lowest BCUT2D eigenvalue weighted by atomic mass is 9.96. The van der Waals surface area contributed by atoms with E-state index in [2.05, 4.69) is 15.3 Å². The van der Waals surface area contributed by atoms with Gasteiger partial charge in [-0.1, -0.05) is 30.3 Å². The van der Waals surface area contributed by atoms with E-state index in [1.165, 1.54) is 11.3 Å². The monoisotopic (exact) mass is 510 g/mol. The Labute approximate surface area is 201 Å². The van der Waals surface area contributed by atoms with Gasteiger partial charge in [0.2, 0.25) is 5.91 Å². The molecule has 0 saturated carbocycles. The van der Waals surface area contributed by atoms with E-state index in [1.807, 2.05) is 0 Å². The molecule has 0 radical (unpaired) electrons. The highest BCUT2D eigenvalue weighted by Crippen LogP contribution is 2.37. The molecule has 0 bridgehead atoms. The number of benzene rings is 1. The van der Waals surface area contributed by atoms with Crippen LogP contribution in [-0.4, -0.2) is 50.6 Å². The van der Waals surface area contributed by atoms with Gasteiger partial charge in [-0.2, -0.15) is 13.2 Å². The Kier molecular flexibility index (Phi) is 6.74. The smallest absolute Gasteiger partial charge is 0.386 e. The van der Waals surface area contributed by atoms with Gasteiger partial charge < -0.3 is 15.3 Å². The van der Waals surface area contributed by atoms with Crippen LogP contribution in [0.25, 0.3) is 10.6 Å². The topological polar surface area (TPSA) is 95.4 Å². The molecule has 2 aromatic heterocycles. The summed E-state index contributed by atoms with van der Waals surface area (Å²) in [4.78, 5) is 35.1. The number of likely N-dealkylation sites (tertiary alicyclic amines) is 1. The van der Waals surface area contributed by atoms with Crippen molar-refractivity contribution in [3.05, 3.63) is 52.0 Å². The largest absolute Gasteiger partial charge is 0.471 e. The highest BCUT2D eigenvalue weighted by atomic mass is 32.1. The maximum atomic E-state index is 13.2. The van der Waals surface area contributed by atoms with Crippen molar-refractivity contribution in [3.8, 4) is 10.6 Å². The standard InChI is InChI=1S/C22H21F3N4O3S2/c1-11-17(34-19(26-11)12(2)30)15-10-33-21(27-15)28-18(31)16-8-14(13-6-4-3-5-7-13)9-29(16)20(32)22(23,24)25/h3-7,10,12,14,16,30H,8-9H2,1-2H3,(H,27,28,31)/t12?,14-,16+/m1/s1. The van der Waals surface area contributed by atoms with Crippen molar-refractivity contribution in [1.29, 1.82) is 0 Å². The number of hydrogen-bond acceptors (Lipinski definition) is 7. The van der Waals surface area contributed by atoms with E-state index < -0.39 is 36.1 Å². The van der Waals surface area contributed by atoms with E-state index >= 15 is 0 Å². The van der Waals surface area contributed by atoms with E-state index in [0.717, 1.165) is 21.8 Å². The minimum Gasteiger partial charge on any atom is -0.386 e. The van der Waals surface area contributed by atoms with Crippen LogP contribution < -0.4 is 5.32 Å². The van der Waals surface area contributed by atoms with Gasteiger partial charge in [0.25, 0.3) is 0 Å². The number of nitrogens with one attached hydrogen (secondary N) is 1. The van der Waals surface area contributed by atoms with E-state index in [1.54, 1.807) is 49.6 Å². The summed E-state index contributed by atoms with van der Waals surface area (Å²) in [5.74, 6) is -3.15. The number of thiazole rings is 2. The van der Waals surface area contributed by atoms with Crippen molar-refractivity contribution in [2.45, 2.75) is 44.5 Å². The molecular weight excluding hydrogens is 489 g/mol. The molecule has 2 amide bonds. The first-order chi connectivity index (χ1) is 16.0. The van der Waals surface area contributed by atoms with Gasteiger partial charge >= 0.3 is 12.1 Å². The summed E-state index contributed by atoms with van der Waals surface area (Å²) in [7, 11) is 0. The zero-order valence-corrected chi connectivity index (χ0v) is 19.8. The predicted octanol–water partition coefficient (Wildman–Crippen LogP) is 4.51. The van der Waals surface area contributed by atoms with E-state index in [4.69, 9.17) is 0 Å². The number of halogens is 3. The Balaban J connectivity index is 1.54. The fourth-order valence-corrected chi connectivity index (χ4v) is 5.64. The first kappa shape index (κ1) is 24.3. The molecule has 1 saturated heterocycles. The lowest BCUT2D eigenvalue weighted by Gasteiger charge is -2.24. The van der Waals surface area contributed by atoms with Crippen LogP contribution in [-0.2, 0) is 9.59 Å². The maximum absolute atomic E-state index is 13.2. The van der Waals surface area contributed by atoms with Crippen LogP contribution in [0.1, 0.15) is 41.6 Å². The van der Waals surface area contributed by atoms with Gasteiger partial charge in [-0.15, -0.1) is 22.7 Å². The maximum Gasteiger partial charge on any atom is 0.471 e. The van der Waals surface area contributed by atoms with Crippen LogP contribution >= 0.6 is 22.7 Å². The molecule has 34 heavy (non-hydrogen) atoms. The summed E-state index contributed by atoms with van der Waals surface area (Å²) < 4.78 is 39.7. The molecule has 0 aliphatic carbocycles. The van der Waals surface area contributed by atoms with Gasteiger partial charge in [0.15, 0.2) is 5.13 Å². The molecule has 1 aromatic carbocycles. The van der Waals surface area contributed by atoms with Gasteiger partial charge in [-0.25, -0.2) is 9.97 Å². The Morgan fingerprint density at radius 3 is 2.56 bits per heavy atom. The quantitative estimate of drug-likeness (QED) is 0.527. The number of rotatable bonds is 5. The highest BCUT2D eigenvalue weighted by Gasteiger charge is 2.50. The Bertz CT molecular complexity index is 1190. The van der Waals surface area contributed by atoms with Crippen molar-refractivity contribution in [2.24, 2.45) is 0 Å². The predicted molar refractivity (Wildman–Crippen MR) is 123 cm³/mol. The summed E-state index contributed by atoms with van der Waals surface area (Å²) in [6.07, 6.45) is -5.74. The zero-order chi connectivity index (χ0) is 24.6. The number of carbonyl (C=O) groups is 2. The van der Waals surface area contributed by atoms with Gasteiger partial charge in [0.05, 0.1) is 16.3 Å². The van der Waals surface area contributed by atoms with Crippen LogP contribution in [0.15, 0.2) is 35.7 Å². The second-order valence-electron chi connectivity index (χ2n) is 7.98. The minimum absolute atomic E-state index is 0.0710. The Morgan fingerprint density at radius 2 is 1.94 bits per heavy atom. The lowest BCUT2D eigenvalue weighted by molar-refractivity contribution is -0.186. The number of carbonyl (C=O) groups excluding carboxylic acids is 2. The molecule has 3 heterocycles. The summed E-state index contributed by atoms with van der Waals surface area (Å²) in [6.45, 7) is 3.18. The molecule has 2 N–H and O–H groups in total. The Morgan fingerprint density at radius 1 is 1.24 bits per heavy atom. The third kappa shape index (κ3) is 4.98. The molecule has 12 heteroatoms. The average Bonchev–Trinajstić information content (AvgIpc) is 3.51. The summed E-state index contributed by atoms with van der Waals surface area (Å²) >= 11 is 2.39. The number of aliphatic hydroxyl groups is 1. The number of hydrogen-bond donors (Lipinski definition) is 2. The molecule has 1 aliphatic heterocycles. The van der Waals surface area contributed by atoms with Crippen LogP contribution in [0.3, 0.4) is 0 Å². The lowest BCUT2D eigenvalue weighted by Crippen LogP contribution is -2.48. The van der Waals surface area contributed by atoms with Crippen LogP contribution in [0.2, 0.25) is 0 Å².